The quantitative estimate of drug-likeness (QED) is 0.454. The zero-order chi connectivity index (χ0) is 25.5. The molecule has 0 fully saturated rings. The average molecular weight is 482 g/mol. The minimum atomic E-state index is -1.10. The number of nitrogens with zero attached hydrogens (tertiary/aromatic N) is 1. The number of nitrogens with one attached hydrogen (secondary N) is 2. The number of aliphatic carboxylic acids is 1. The van der Waals surface area contributed by atoms with Gasteiger partial charge >= 0.3 is 12.1 Å². The summed E-state index contributed by atoms with van der Waals surface area (Å²) in [7, 11) is 3.72. The highest BCUT2D eigenvalue weighted by Crippen LogP contribution is 2.44. The van der Waals surface area contributed by atoms with Gasteiger partial charge in [-0.05, 0) is 61.7 Å². The predicted octanol–water partition coefficient (Wildman–Crippen LogP) is 3.46. The first-order chi connectivity index (χ1) is 16.7. The van der Waals surface area contributed by atoms with Crippen molar-refractivity contribution in [1.82, 2.24) is 15.5 Å². The zero-order valence-electron chi connectivity index (χ0n) is 20.8. The van der Waals surface area contributed by atoms with Crippen LogP contribution < -0.4 is 10.6 Å². The van der Waals surface area contributed by atoms with E-state index in [-0.39, 0.29) is 18.4 Å². The van der Waals surface area contributed by atoms with E-state index in [1.165, 1.54) is 0 Å². The van der Waals surface area contributed by atoms with Gasteiger partial charge in [0.05, 0.1) is 0 Å². The van der Waals surface area contributed by atoms with Crippen molar-refractivity contribution in [1.29, 1.82) is 0 Å². The van der Waals surface area contributed by atoms with E-state index in [4.69, 9.17) is 4.74 Å². The molecule has 8 heteroatoms. The second kappa shape index (κ2) is 11.8. The standard InChI is InChI=1S/C27H35N3O5/c1-17(2)15-24(26(32)33)28-25(31)23(13-14-30(3)4)29-27(34)35-16-22-20-11-7-5-9-18(20)19-10-6-8-12-21(19)22/h5-12,17,22-24H,13-16H2,1-4H3,(H,28,31)(H,29,34)(H,32,33)/t23?,24-/m1/s1. The Kier molecular flexibility index (Phi) is 8.87. The molecular weight excluding hydrogens is 446 g/mol. The fourth-order valence-corrected chi connectivity index (χ4v) is 4.40. The second-order valence-electron chi connectivity index (χ2n) is 9.64. The molecule has 1 aliphatic carbocycles. The topological polar surface area (TPSA) is 108 Å². The summed E-state index contributed by atoms with van der Waals surface area (Å²) in [4.78, 5) is 39.1. The molecule has 1 aliphatic rings. The van der Waals surface area contributed by atoms with Crippen LogP contribution in [0.1, 0.15) is 43.7 Å². The average Bonchev–Trinajstić information content (AvgIpc) is 3.13. The van der Waals surface area contributed by atoms with Crippen LogP contribution in [0, 0.1) is 5.92 Å². The number of hydrogen-bond donors (Lipinski definition) is 3. The zero-order valence-corrected chi connectivity index (χ0v) is 20.8. The summed E-state index contributed by atoms with van der Waals surface area (Å²) in [6.07, 6.45) is -0.0924. The van der Waals surface area contributed by atoms with Crippen molar-refractivity contribution in [2.45, 2.75) is 44.7 Å². The number of ether oxygens (including phenoxy) is 1. The van der Waals surface area contributed by atoms with Gasteiger partial charge in [-0.3, -0.25) is 4.79 Å². The van der Waals surface area contributed by atoms with E-state index in [2.05, 4.69) is 22.8 Å². The van der Waals surface area contributed by atoms with E-state index in [1.54, 1.807) is 0 Å². The fourth-order valence-electron chi connectivity index (χ4n) is 4.40. The number of fused-ring (bicyclic) bond motifs is 3. The van der Waals surface area contributed by atoms with Gasteiger partial charge in [-0.15, -0.1) is 0 Å². The molecule has 1 unspecified atom stereocenters. The van der Waals surface area contributed by atoms with Crippen molar-refractivity contribution < 1.29 is 24.2 Å². The van der Waals surface area contributed by atoms with Gasteiger partial charge < -0.3 is 25.4 Å². The van der Waals surface area contributed by atoms with Crippen LogP contribution >= 0.6 is 0 Å². The number of carbonyl (C=O) groups excluding carboxylic acids is 2. The highest BCUT2D eigenvalue weighted by molar-refractivity contribution is 5.89. The minimum absolute atomic E-state index is 0.0896. The number of carboxylic acid groups (broad SMARTS) is 1. The first kappa shape index (κ1) is 26.2. The lowest BCUT2D eigenvalue weighted by Crippen LogP contribution is -2.52. The smallest absolute Gasteiger partial charge is 0.407 e. The molecule has 0 saturated heterocycles. The monoisotopic (exact) mass is 481 g/mol. The predicted molar refractivity (Wildman–Crippen MR) is 134 cm³/mol. The molecule has 0 aliphatic heterocycles. The molecule has 0 spiro atoms. The normalized spacial score (nSPS) is 14.2. The van der Waals surface area contributed by atoms with Crippen LogP contribution in [0.15, 0.2) is 48.5 Å². The molecule has 0 heterocycles. The number of amides is 2. The molecule has 2 atom stereocenters. The molecular formula is C27H35N3O5. The summed E-state index contributed by atoms with van der Waals surface area (Å²) in [6, 6.07) is 14.2. The summed E-state index contributed by atoms with van der Waals surface area (Å²) in [5.74, 6) is -1.63. The summed E-state index contributed by atoms with van der Waals surface area (Å²) in [6.45, 7) is 4.44. The largest absolute Gasteiger partial charge is 0.480 e. The maximum Gasteiger partial charge on any atom is 0.407 e. The van der Waals surface area contributed by atoms with E-state index >= 15 is 0 Å². The summed E-state index contributed by atoms with van der Waals surface area (Å²) in [5, 5.41) is 14.7. The van der Waals surface area contributed by atoms with E-state index in [0.717, 1.165) is 22.3 Å². The first-order valence-electron chi connectivity index (χ1n) is 12.0. The molecule has 188 valence electrons. The van der Waals surface area contributed by atoms with E-state index < -0.39 is 30.1 Å². The molecule has 35 heavy (non-hydrogen) atoms. The number of alkyl carbamates (subject to hydrolysis) is 1. The highest BCUT2D eigenvalue weighted by atomic mass is 16.5. The summed E-state index contributed by atoms with van der Waals surface area (Å²) in [5.41, 5.74) is 4.46. The van der Waals surface area contributed by atoms with Crippen LogP contribution in [-0.4, -0.2) is 67.3 Å². The Morgan fingerprint density at radius 2 is 1.51 bits per heavy atom. The van der Waals surface area contributed by atoms with Crippen molar-refractivity contribution in [3.63, 3.8) is 0 Å². The van der Waals surface area contributed by atoms with Gasteiger partial charge in [-0.2, -0.15) is 0 Å². The van der Waals surface area contributed by atoms with Gasteiger partial charge in [0.25, 0.3) is 0 Å². The molecule has 0 bridgehead atoms. The van der Waals surface area contributed by atoms with Crippen molar-refractivity contribution in [2.75, 3.05) is 27.2 Å². The van der Waals surface area contributed by atoms with E-state index in [1.807, 2.05) is 69.2 Å². The van der Waals surface area contributed by atoms with Crippen LogP contribution in [0.3, 0.4) is 0 Å². The molecule has 2 aromatic carbocycles. The van der Waals surface area contributed by atoms with Crippen LogP contribution in [-0.2, 0) is 14.3 Å². The van der Waals surface area contributed by atoms with Crippen LogP contribution in [0.2, 0.25) is 0 Å². The first-order valence-corrected chi connectivity index (χ1v) is 12.0. The van der Waals surface area contributed by atoms with Gasteiger partial charge in [0.2, 0.25) is 5.91 Å². The lowest BCUT2D eigenvalue weighted by atomic mass is 9.98. The molecule has 2 amide bonds. The number of benzene rings is 2. The summed E-state index contributed by atoms with van der Waals surface area (Å²) < 4.78 is 5.58. The molecule has 3 rings (SSSR count). The van der Waals surface area contributed by atoms with Gasteiger partial charge in [0.15, 0.2) is 0 Å². The van der Waals surface area contributed by atoms with E-state index in [0.29, 0.717) is 19.4 Å². The Morgan fingerprint density at radius 1 is 0.943 bits per heavy atom. The molecule has 8 nitrogen and oxygen atoms in total. The molecule has 2 aromatic rings. The Labute approximate surface area is 206 Å². The number of carbonyl (C=O) groups is 3. The van der Waals surface area contributed by atoms with Crippen molar-refractivity contribution in [3.8, 4) is 11.1 Å². The third kappa shape index (κ3) is 6.82. The van der Waals surface area contributed by atoms with Crippen LogP contribution in [0.4, 0.5) is 4.79 Å². The van der Waals surface area contributed by atoms with Crippen LogP contribution in [0.25, 0.3) is 11.1 Å². The van der Waals surface area contributed by atoms with E-state index in [9.17, 15) is 19.5 Å². The Morgan fingerprint density at radius 3 is 2.03 bits per heavy atom. The Balaban J connectivity index is 1.67. The second-order valence-corrected chi connectivity index (χ2v) is 9.64. The van der Waals surface area contributed by atoms with Crippen molar-refractivity contribution in [2.24, 2.45) is 5.92 Å². The minimum Gasteiger partial charge on any atom is -0.480 e. The van der Waals surface area contributed by atoms with Crippen molar-refractivity contribution in [3.05, 3.63) is 59.7 Å². The van der Waals surface area contributed by atoms with Gasteiger partial charge in [-0.25, -0.2) is 9.59 Å². The van der Waals surface area contributed by atoms with Gasteiger partial charge in [0, 0.05) is 5.92 Å². The van der Waals surface area contributed by atoms with Gasteiger partial charge in [0.1, 0.15) is 18.7 Å². The molecule has 0 saturated carbocycles. The number of rotatable bonds is 11. The number of carboxylic acids is 1. The SMILES string of the molecule is CC(C)C[C@@H](NC(=O)C(CCN(C)C)NC(=O)OCC1c2ccccc2-c2ccccc21)C(=O)O. The molecule has 0 aromatic heterocycles. The third-order valence-electron chi connectivity index (χ3n) is 6.14. The van der Waals surface area contributed by atoms with Gasteiger partial charge in [-0.1, -0.05) is 62.4 Å². The molecule has 0 radical (unpaired) electrons. The lowest BCUT2D eigenvalue weighted by molar-refractivity contribution is -0.142. The van der Waals surface area contributed by atoms with Crippen LogP contribution in [0.5, 0.6) is 0 Å². The Bertz CT molecular complexity index is 1010. The Hall–Kier alpha value is -3.39. The lowest BCUT2D eigenvalue weighted by Gasteiger charge is -2.23. The number of hydrogen-bond acceptors (Lipinski definition) is 5. The van der Waals surface area contributed by atoms with Crippen molar-refractivity contribution >= 4 is 18.0 Å². The maximum atomic E-state index is 12.9. The molecule has 3 N–H and O–H groups in total. The maximum absolute atomic E-state index is 12.9. The third-order valence-corrected chi connectivity index (χ3v) is 6.14. The fraction of sp³-hybridized carbons (Fsp3) is 0.444. The highest BCUT2D eigenvalue weighted by Gasteiger charge is 2.31. The summed E-state index contributed by atoms with van der Waals surface area (Å²) >= 11 is 0.